The summed E-state index contributed by atoms with van der Waals surface area (Å²) in [7, 11) is 3.30. The van der Waals surface area contributed by atoms with E-state index in [1.165, 1.54) is 4.90 Å². The lowest BCUT2D eigenvalue weighted by molar-refractivity contribution is -0.161. The Kier molecular flexibility index (Phi) is 15.4. The van der Waals surface area contributed by atoms with Crippen molar-refractivity contribution in [3.8, 4) is 11.5 Å². The van der Waals surface area contributed by atoms with E-state index in [0.717, 1.165) is 53.2 Å². The van der Waals surface area contributed by atoms with Crippen molar-refractivity contribution in [1.29, 1.82) is 0 Å². The lowest BCUT2D eigenvalue weighted by atomic mass is 9.84. The number of esters is 1. The van der Waals surface area contributed by atoms with Crippen LogP contribution in [0.3, 0.4) is 0 Å². The molecule has 13 nitrogen and oxygen atoms in total. The lowest BCUT2D eigenvalue weighted by Crippen LogP contribution is -2.56. The van der Waals surface area contributed by atoms with Crippen LogP contribution in [0.5, 0.6) is 11.5 Å². The van der Waals surface area contributed by atoms with Crippen LogP contribution in [0.15, 0.2) is 103 Å². The molecule has 0 aromatic heterocycles. The molecule has 0 saturated carbocycles. The van der Waals surface area contributed by atoms with E-state index in [1.54, 1.807) is 14.2 Å². The molecule has 2 amide bonds. The number of hydrogen-bond donors (Lipinski definition) is 1. The van der Waals surface area contributed by atoms with Gasteiger partial charge in [0.25, 0.3) is 0 Å². The van der Waals surface area contributed by atoms with Crippen LogP contribution in [-0.4, -0.2) is 94.9 Å². The van der Waals surface area contributed by atoms with Crippen molar-refractivity contribution in [2.75, 3.05) is 58.5 Å². The SMILES string of the molecule is COCCCN1CCOc2ccc(CO[C@H]3CN(C(=O)OCc4ccccc4)C[C@@H](OC(=O)[C@@H](NC(=O)OCc4ccccc4)C(C)C)[C@@H]3c3ccc(OC)cc3)cc21. The molecule has 6 rings (SSSR count). The monoisotopic (exact) mass is 809 g/mol. The average molecular weight is 810 g/mol. The lowest BCUT2D eigenvalue weighted by Gasteiger charge is -2.43. The summed E-state index contributed by atoms with van der Waals surface area (Å²) >= 11 is 0. The Bertz CT molecular complexity index is 1950. The standard InChI is InChI=1S/C46H55N3O10/c1-32(2)43(47-45(51)57-29-33-12-7-5-8-13-33)44(50)59-41-28-49(46(52)58-30-34-14-9-6-10-15-34)27-40(42(41)36-17-19-37(54-4)20-18-36)56-31-35-16-21-39-38(26-35)48(23-25-55-39)22-11-24-53-3/h5-10,12-21,26,32,40-43H,11,22-25,27-31H2,1-4H3,(H,47,51)/t40-,41+,42+,43-/m0/s1. The minimum absolute atomic E-state index is 0.0196. The number of hydrogen-bond acceptors (Lipinski definition) is 11. The van der Waals surface area contributed by atoms with Crippen LogP contribution in [-0.2, 0) is 48.3 Å². The molecule has 0 spiro atoms. The second-order valence-corrected chi connectivity index (χ2v) is 15.0. The van der Waals surface area contributed by atoms with Crippen LogP contribution >= 0.6 is 0 Å². The van der Waals surface area contributed by atoms with Gasteiger partial charge in [0.2, 0.25) is 0 Å². The van der Waals surface area contributed by atoms with Crippen molar-refractivity contribution in [3.63, 3.8) is 0 Å². The minimum Gasteiger partial charge on any atom is -0.497 e. The third kappa shape index (κ3) is 11.9. The number of benzene rings is 4. The van der Waals surface area contributed by atoms with E-state index in [1.807, 2.05) is 111 Å². The summed E-state index contributed by atoms with van der Waals surface area (Å²) in [6.45, 7) is 6.94. The molecule has 2 aliphatic rings. The zero-order valence-corrected chi connectivity index (χ0v) is 34.2. The normalized spacial score (nSPS) is 17.9. The Balaban J connectivity index is 1.26. The van der Waals surface area contributed by atoms with Gasteiger partial charge in [0, 0.05) is 20.3 Å². The zero-order valence-electron chi connectivity index (χ0n) is 34.2. The molecule has 13 heteroatoms. The first-order valence-electron chi connectivity index (χ1n) is 20.1. The van der Waals surface area contributed by atoms with Crippen LogP contribution in [0, 0.1) is 5.92 Å². The fourth-order valence-electron chi connectivity index (χ4n) is 7.31. The van der Waals surface area contributed by atoms with E-state index in [9.17, 15) is 14.4 Å². The van der Waals surface area contributed by atoms with Crippen LogP contribution in [0.1, 0.15) is 48.4 Å². The first-order chi connectivity index (χ1) is 28.7. The molecule has 1 saturated heterocycles. The van der Waals surface area contributed by atoms with Gasteiger partial charge in [-0.3, -0.25) is 0 Å². The number of likely N-dealkylation sites (tertiary alicyclic amines) is 1. The second-order valence-electron chi connectivity index (χ2n) is 15.0. The summed E-state index contributed by atoms with van der Waals surface area (Å²) in [4.78, 5) is 44.8. The number of alkyl carbamates (subject to hydrolysis) is 1. The quantitative estimate of drug-likeness (QED) is 0.0665. The van der Waals surface area contributed by atoms with Gasteiger partial charge in [-0.05, 0) is 58.9 Å². The molecule has 0 bridgehead atoms. The number of nitrogens with zero attached hydrogens (tertiary/aromatic N) is 2. The maximum absolute atomic E-state index is 14.2. The molecule has 4 atom stereocenters. The molecule has 2 heterocycles. The van der Waals surface area contributed by atoms with E-state index < -0.39 is 42.3 Å². The van der Waals surface area contributed by atoms with E-state index in [0.29, 0.717) is 19.0 Å². The summed E-state index contributed by atoms with van der Waals surface area (Å²) in [6.07, 6.45) is -1.99. The predicted molar refractivity (Wildman–Crippen MR) is 221 cm³/mol. The van der Waals surface area contributed by atoms with Crippen LogP contribution in [0.4, 0.5) is 15.3 Å². The largest absolute Gasteiger partial charge is 0.497 e. The first-order valence-corrected chi connectivity index (χ1v) is 20.1. The van der Waals surface area contributed by atoms with Gasteiger partial charge in [0.05, 0.1) is 51.1 Å². The topological polar surface area (TPSA) is 134 Å². The number of nitrogens with one attached hydrogen (secondary N) is 1. The van der Waals surface area contributed by atoms with Crippen LogP contribution < -0.4 is 19.7 Å². The van der Waals surface area contributed by atoms with Crippen molar-refractivity contribution in [2.45, 2.75) is 64.3 Å². The van der Waals surface area contributed by atoms with Crippen molar-refractivity contribution in [1.82, 2.24) is 10.2 Å². The highest BCUT2D eigenvalue weighted by Gasteiger charge is 2.44. The molecule has 0 radical (unpaired) electrons. The van der Waals surface area contributed by atoms with Crippen molar-refractivity contribution >= 4 is 23.8 Å². The number of carbonyl (C=O) groups excluding carboxylic acids is 3. The molecular formula is C46H55N3O10. The van der Waals surface area contributed by atoms with E-state index >= 15 is 0 Å². The second kappa shape index (κ2) is 21.3. The first kappa shape index (κ1) is 42.8. The molecule has 4 aromatic carbocycles. The highest BCUT2D eigenvalue weighted by atomic mass is 16.6. The summed E-state index contributed by atoms with van der Waals surface area (Å²) in [5.74, 6) is -0.0706. The van der Waals surface area contributed by atoms with Crippen molar-refractivity contribution < 1.29 is 47.5 Å². The van der Waals surface area contributed by atoms with E-state index in [4.69, 9.17) is 33.2 Å². The number of fused-ring (bicyclic) bond motifs is 1. The summed E-state index contributed by atoms with van der Waals surface area (Å²) in [6, 6.07) is 31.2. The third-order valence-corrected chi connectivity index (χ3v) is 10.5. The van der Waals surface area contributed by atoms with Gasteiger partial charge >= 0.3 is 18.2 Å². The Morgan fingerprint density at radius 3 is 2.14 bits per heavy atom. The van der Waals surface area contributed by atoms with Crippen LogP contribution in [0.2, 0.25) is 0 Å². The van der Waals surface area contributed by atoms with Gasteiger partial charge in [-0.25, -0.2) is 14.4 Å². The molecule has 4 aromatic rings. The van der Waals surface area contributed by atoms with Crippen molar-refractivity contribution in [3.05, 3.63) is 125 Å². The minimum atomic E-state index is -1.04. The number of piperidine rings is 1. The van der Waals surface area contributed by atoms with Gasteiger partial charge in [-0.15, -0.1) is 0 Å². The van der Waals surface area contributed by atoms with E-state index in [-0.39, 0.29) is 38.8 Å². The third-order valence-electron chi connectivity index (χ3n) is 10.5. The molecule has 314 valence electrons. The number of rotatable bonds is 17. The Hall–Kier alpha value is -5.79. The summed E-state index contributed by atoms with van der Waals surface area (Å²) in [5.41, 5.74) is 4.36. The number of carbonyl (C=O) groups is 3. The Labute approximate surface area is 346 Å². The zero-order chi connectivity index (χ0) is 41.6. The highest BCUT2D eigenvalue weighted by Crippen LogP contribution is 2.37. The smallest absolute Gasteiger partial charge is 0.410 e. The van der Waals surface area contributed by atoms with E-state index in [2.05, 4.69) is 16.3 Å². The number of methoxy groups -OCH3 is 2. The van der Waals surface area contributed by atoms with Gasteiger partial charge < -0.3 is 48.3 Å². The van der Waals surface area contributed by atoms with Crippen LogP contribution in [0.25, 0.3) is 0 Å². The maximum atomic E-state index is 14.2. The van der Waals surface area contributed by atoms with Gasteiger partial charge in [0.1, 0.15) is 43.5 Å². The number of anilines is 1. The molecular weight excluding hydrogens is 755 g/mol. The molecule has 2 aliphatic heterocycles. The summed E-state index contributed by atoms with van der Waals surface area (Å²) in [5, 5.41) is 2.71. The molecule has 59 heavy (non-hydrogen) atoms. The molecule has 1 fully saturated rings. The summed E-state index contributed by atoms with van der Waals surface area (Å²) < 4.78 is 41.1. The number of ether oxygens (including phenoxy) is 7. The van der Waals surface area contributed by atoms with Gasteiger partial charge in [-0.1, -0.05) is 92.7 Å². The average Bonchev–Trinajstić information content (AvgIpc) is 3.26. The molecule has 1 N–H and O–H groups in total. The highest BCUT2D eigenvalue weighted by molar-refractivity contribution is 5.82. The molecule has 0 unspecified atom stereocenters. The Morgan fingerprint density at radius 2 is 1.47 bits per heavy atom. The van der Waals surface area contributed by atoms with Gasteiger partial charge in [0.15, 0.2) is 0 Å². The predicted octanol–water partition coefficient (Wildman–Crippen LogP) is 7.11. The number of amides is 2. The maximum Gasteiger partial charge on any atom is 0.410 e. The van der Waals surface area contributed by atoms with Gasteiger partial charge in [-0.2, -0.15) is 0 Å². The van der Waals surface area contributed by atoms with Crippen molar-refractivity contribution in [2.24, 2.45) is 5.92 Å². The fraction of sp³-hybridized carbons (Fsp3) is 0.413. The fourth-order valence-corrected chi connectivity index (χ4v) is 7.31. The molecule has 0 aliphatic carbocycles. The Morgan fingerprint density at radius 1 is 0.797 bits per heavy atom.